The lowest BCUT2D eigenvalue weighted by atomic mass is 10.0. The van der Waals surface area contributed by atoms with Gasteiger partial charge in [0.25, 0.3) is 5.91 Å². The normalized spacial score (nSPS) is 16.7. The summed E-state index contributed by atoms with van der Waals surface area (Å²) in [7, 11) is 0. The fraction of sp³-hybridized carbons (Fsp3) is 0.200. The molecular formula is C25H23ClN2O3. The molecule has 5 nitrogen and oxygen atoms in total. The van der Waals surface area contributed by atoms with Crippen molar-refractivity contribution in [2.45, 2.75) is 6.10 Å². The number of hydrogen-bond acceptors (Lipinski definition) is 4. The molecule has 1 unspecified atom stereocenters. The van der Waals surface area contributed by atoms with Crippen molar-refractivity contribution in [3.8, 4) is 5.88 Å². The Morgan fingerprint density at radius 1 is 1.10 bits per heavy atom. The van der Waals surface area contributed by atoms with Gasteiger partial charge in [0, 0.05) is 24.4 Å². The van der Waals surface area contributed by atoms with Crippen molar-refractivity contribution in [3.63, 3.8) is 0 Å². The molecule has 1 aliphatic heterocycles. The number of nitrogens with zero attached hydrogens (tertiary/aromatic N) is 2. The number of ether oxygens (including phenoxy) is 2. The number of carbonyl (C=O) groups is 1. The Balaban J connectivity index is 1.48. The molecule has 31 heavy (non-hydrogen) atoms. The Kier molecular flexibility index (Phi) is 6.97. The summed E-state index contributed by atoms with van der Waals surface area (Å²) < 4.78 is 11.5. The summed E-state index contributed by atoms with van der Waals surface area (Å²) in [6, 6.07) is 23.1. The summed E-state index contributed by atoms with van der Waals surface area (Å²) in [5.74, 6) is 0.457. The van der Waals surface area contributed by atoms with E-state index in [9.17, 15) is 4.79 Å². The van der Waals surface area contributed by atoms with Crippen LogP contribution in [0.3, 0.4) is 0 Å². The molecule has 4 rings (SSSR count). The van der Waals surface area contributed by atoms with Gasteiger partial charge in [0.05, 0.1) is 18.2 Å². The Morgan fingerprint density at radius 3 is 2.55 bits per heavy atom. The van der Waals surface area contributed by atoms with E-state index in [0.717, 1.165) is 11.1 Å². The first-order valence-electron chi connectivity index (χ1n) is 10.2. The van der Waals surface area contributed by atoms with Gasteiger partial charge in [-0.1, -0.05) is 72.3 Å². The predicted octanol–water partition coefficient (Wildman–Crippen LogP) is 4.58. The molecule has 1 fully saturated rings. The molecule has 1 amide bonds. The van der Waals surface area contributed by atoms with E-state index >= 15 is 0 Å². The summed E-state index contributed by atoms with van der Waals surface area (Å²) in [5, 5.41) is 0.552. The van der Waals surface area contributed by atoms with E-state index in [-0.39, 0.29) is 12.0 Å². The quantitative estimate of drug-likeness (QED) is 0.421. The second-order valence-electron chi connectivity index (χ2n) is 7.20. The molecule has 2 heterocycles. The van der Waals surface area contributed by atoms with E-state index < -0.39 is 0 Å². The number of carbonyl (C=O) groups excluding carboxylic acids is 1. The van der Waals surface area contributed by atoms with Gasteiger partial charge in [0.1, 0.15) is 12.7 Å². The molecule has 2 aromatic carbocycles. The van der Waals surface area contributed by atoms with Crippen LogP contribution in [0.4, 0.5) is 0 Å². The molecule has 0 saturated carbocycles. The maximum absolute atomic E-state index is 13.5. The van der Waals surface area contributed by atoms with Gasteiger partial charge in [-0.05, 0) is 23.3 Å². The van der Waals surface area contributed by atoms with Gasteiger partial charge in [-0.3, -0.25) is 4.79 Å². The molecule has 6 heteroatoms. The van der Waals surface area contributed by atoms with Crippen molar-refractivity contribution < 1.29 is 14.3 Å². The van der Waals surface area contributed by atoms with Crippen LogP contribution in [0.2, 0.25) is 5.02 Å². The summed E-state index contributed by atoms with van der Waals surface area (Å²) >= 11 is 5.86. The second-order valence-corrected chi connectivity index (χ2v) is 7.64. The van der Waals surface area contributed by atoms with E-state index in [0.29, 0.717) is 42.8 Å². The van der Waals surface area contributed by atoms with Gasteiger partial charge < -0.3 is 14.4 Å². The average molecular weight is 435 g/mol. The van der Waals surface area contributed by atoms with Crippen LogP contribution in [-0.2, 0) is 9.53 Å². The highest BCUT2D eigenvalue weighted by Gasteiger charge is 2.27. The van der Waals surface area contributed by atoms with Crippen LogP contribution in [0.15, 0.2) is 79.0 Å². The average Bonchev–Trinajstić information content (AvgIpc) is 2.83. The minimum absolute atomic E-state index is 0.0204. The molecule has 0 N–H and O–H groups in total. The van der Waals surface area contributed by atoms with Crippen molar-refractivity contribution in [1.29, 1.82) is 0 Å². The molecule has 0 spiro atoms. The van der Waals surface area contributed by atoms with Crippen molar-refractivity contribution >= 4 is 29.2 Å². The van der Waals surface area contributed by atoms with Crippen molar-refractivity contribution in [2.24, 2.45) is 0 Å². The van der Waals surface area contributed by atoms with Gasteiger partial charge in [-0.25, -0.2) is 4.98 Å². The molecule has 0 aliphatic carbocycles. The number of morpholine rings is 1. The molecule has 0 bridgehead atoms. The van der Waals surface area contributed by atoms with E-state index in [2.05, 4.69) is 4.98 Å². The van der Waals surface area contributed by atoms with Gasteiger partial charge in [-0.15, -0.1) is 0 Å². The standard InChI is InChI=1S/C25H23ClN2O3/c26-21-11-12-24(27-16-21)31-18-22-17-28(13-14-30-22)25(29)23(20-9-5-2-6-10-20)15-19-7-3-1-4-8-19/h1-12,15-16,22H,13-14,17-18H2/b23-15+. The smallest absolute Gasteiger partial charge is 0.254 e. The third-order valence-corrected chi connectivity index (χ3v) is 5.19. The Morgan fingerprint density at radius 2 is 1.84 bits per heavy atom. The SMILES string of the molecule is O=C(/C(=C/c1ccccc1)c1ccccc1)N1CCOC(COc2ccc(Cl)cn2)C1. The van der Waals surface area contributed by atoms with Gasteiger partial charge in [0.2, 0.25) is 5.88 Å². The number of amides is 1. The zero-order chi connectivity index (χ0) is 21.5. The lowest BCUT2D eigenvalue weighted by Gasteiger charge is -2.33. The largest absolute Gasteiger partial charge is 0.475 e. The fourth-order valence-electron chi connectivity index (χ4n) is 3.40. The number of aromatic nitrogens is 1. The van der Waals surface area contributed by atoms with E-state index in [4.69, 9.17) is 21.1 Å². The van der Waals surface area contributed by atoms with E-state index in [1.54, 1.807) is 12.1 Å². The second kappa shape index (κ2) is 10.2. The van der Waals surface area contributed by atoms with Crippen LogP contribution in [-0.4, -0.2) is 48.2 Å². The molecule has 3 aromatic rings. The zero-order valence-electron chi connectivity index (χ0n) is 17.0. The Labute approximate surface area is 186 Å². The first-order valence-corrected chi connectivity index (χ1v) is 10.5. The third-order valence-electron chi connectivity index (χ3n) is 4.97. The monoisotopic (exact) mass is 434 g/mol. The van der Waals surface area contributed by atoms with Crippen LogP contribution in [0, 0.1) is 0 Å². The topological polar surface area (TPSA) is 51.7 Å². The molecule has 158 valence electrons. The third kappa shape index (κ3) is 5.72. The van der Waals surface area contributed by atoms with Gasteiger partial charge >= 0.3 is 0 Å². The van der Waals surface area contributed by atoms with Gasteiger partial charge in [0.15, 0.2) is 0 Å². The molecule has 1 aliphatic rings. The number of hydrogen-bond donors (Lipinski definition) is 0. The lowest BCUT2D eigenvalue weighted by molar-refractivity contribution is -0.133. The number of rotatable bonds is 6. The number of halogens is 1. The highest BCUT2D eigenvalue weighted by Crippen LogP contribution is 2.22. The molecular weight excluding hydrogens is 412 g/mol. The first-order chi connectivity index (χ1) is 15.2. The van der Waals surface area contributed by atoms with Crippen LogP contribution < -0.4 is 4.74 Å². The molecule has 1 saturated heterocycles. The van der Waals surface area contributed by atoms with Crippen LogP contribution in [0.1, 0.15) is 11.1 Å². The van der Waals surface area contributed by atoms with Crippen LogP contribution >= 0.6 is 11.6 Å². The highest BCUT2D eigenvalue weighted by molar-refractivity contribution is 6.30. The molecule has 1 aromatic heterocycles. The maximum atomic E-state index is 13.5. The summed E-state index contributed by atoms with van der Waals surface area (Å²) in [6.45, 7) is 1.75. The Bertz CT molecular complexity index is 1020. The van der Waals surface area contributed by atoms with Crippen LogP contribution in [0.5, 0.6) is 5.88 Å². The van der Waals surface area contributed by atoms with E-state index in [1.165, 1.54) is 6.20 Å². The van der Waals surface area contributed by atoms with Crippen LogP contribution in [0.25, 0.3) is 11.6 Å². The maximum Gasteiger partial charge on any atom is 0.254 e. The summed E-state index contributed by atoms with van der Waals surface area (Å²) in [5.41, 5.74) is 2.53. The zero-order valence-corrected chi connectivity index (χ0v) is 17.7. The molecule has 1 atom stereocenters. The summed E-state index contributed by atoms with van der Waals surface area (Å²) in [4.78, 5) is 19.5. The Hall–Kier alpha value is -3.15. The summed E-state index contributed by atoms with van der Waals surface area (Å²) in [6.07, 6.45) is 3.24. The van der Waals surface area contributed by atoms with Crippen molar-refractivity contribution in [3.05, 3.63) is 95.1 Å². The minimum atomic E-state index is -0.232. The lowest BCUT2D eigenvalue weighted by Crippen LogP contribution is -2.47. The number of pyridine rings is 1. The fourth-order valence-corrected chi connectivity index (χ4v) is 3.51. The predicted molar refractivity (Wildman–Crippen MR) is 122 cm³/mol. The number of benzene rings is 2. The van der Waals surface area contributed by atoms with E-state index in [1.807, 2.05) is 71.6 Å². The molecule has 0 radical (unpaired) electrons. The first kappa shape index (κ1) is 21.1. The highest BCUT2D eigenvalue weighted by atomic mass is 35.5. The van der Waals surface area contributed by atoms with Crippen molar-refractivity contribution in [1.82, 2.24) is 9.88 Å². The van der Waals surface area contributed by atoms with Crippen molar-refractivity contribution in [2.75, 3.05) is 26.3 Å². The van der Waals surface area contributed by atoms with Gasteiger partial charge in [-0.2, -0.15) is 0 Å². The minimum Gasteiger partial charge on any atom is -0.475 e.